The van der Waals surface area contributed by atoms with Crippen LogP contribution in [0.1, 0.15) is 22.8 Å². The summed E-state index contributed by atoms with van der Waals surface area (Å²) in [7, 11) is 0. The van der Waals surface area contributed by atoms with E-state index in [2.05, 4.69) is 15.9 Å². The molecule has 1 aromatic rings. The summed E-state index contributed by atoms with van der Waals surface area (Å²) >= 11 is 14.7. The van der Waals surface area contributed by atoms with Crippen LogP contribution in [0.5, 0.6) is 0 Å². The van der Waals surface area contributed by atoms with Crippen molar-refractivity contribution in [2.75, 3.05) is 0 Å². The Morgan fingerprint density at radius 1 is 1.50 bits per heavy atom. The number of halogens is 3. The van der Waals surface area contributed by atoms with Crippen molar-refractivity contribution < 1.29 is 4.79 Å². The number of alkyl halides is 2. The fraction of sp³-hybridized carbons (Fsp3) is 0.300. The summed E-state index contributed by atoms with van der Waals surface area (Å²) in [5, 5.41) is 0.541. The first kappa shape index (κ1) is 12.0. The molecule has 1 nitrogen and oxygen atoms in total. The molecular formula is C10H9BrCl2O. The van der Waals surface area contributed by atoms with Gasteiger partial charge in [-0.3, -0.25) is 4.79 Å². The Hall–Kier alpha value is -0.0500. The van der Waals surface area contributed by atoms with Gasteiger partial charge < -0.3 is 0 Å². The Labute approximate surface area is 102 Å². The summed E-state index contributed by atoms with van der Waals surface area (Å²) in [5.74, 6) is 0.371. The zero-order chi connectivity index (χ0) is 10.7. The standard InChI is InChI=1S/C10H9BrCl2O/c1-6(11)10(14)8-2-7(5-12)3-9(13)4-8/h2-4,6H,5H2,1H3. The molecule has 76 valence electrons. The van der Waals surface area contributed by atoms with E-state index in [-0.39, 0.29) is 10.6 Å². The number of carbonyl (C=O) groups is 1. The molecule has 0 radical (unpaired) electrons. The van der Waals surface area contributed by atoms with Crippen molar-refractivity contribution in [1.82, 2.24) is 0 Å². The smallest absolute Gasteiger partial charge is 0.176 e. The molecule has 0 aliphatic carbocycles. The highest BCUT2D eigenvalue weighted by atomic mass is 79.9. The quantitative estimate of drug-likeness (QED) is 0.607. The molecule has 0 N–H and O–H groups in total. The Kier molecular flexibility index (Phi) is 4.42. The minimum absolute atomic E-state index is 0.0128. The van der Waals surface area contributed by atoms with Gasteiger partial charge in [-0.1, -0.05) is 27.5 Å². The molecule has 0 heterocycles. The molecule has 1 aromatic carbocycles. The van der Waals surface area contributed by atoms with Crippen LogP contribution in [0.25, 0.3) is 0 Å². The minimum atomic E-state index is -0.204. The van der Waals surface area contributed by atoms with Gasteiger partial charge in [-0.2, -0.15) is 0 Å². The maximum absolute atomic E-state index is 11.6. The molecular weight excluding hydrogens is 287 g/mol. The lowest BCUT2D eigenvalue weighted by Gasteiger charge is -2.05. The highest BCUT2D eigenvalue weighted by molar-refractivity contribution is 9.10. The van der Waals surface area contributed by atoms with E-state index < -0.39 is 0 Å². The average molecular weight is 296 g/mol. The van der Waals surface area contributed by atoms with Gasteiger partial charge >= 0.3 is 0 Å². The molecule has 14 heavy (non-hydrogen) atoms. The SMILES string of the molecule is CC(Br)C(=O)c1cc(Cl)cc(CCl)c1. The van der Waals surface area contributed by atoms with Crippen molar-refractivity contribution in [2.24, 2.45) is 0 Å². The second-order valence-corrected chi connectivity index (χ2v) is 5.04. The Bertz CT molecular complexity index is 350. The Morgan fingerprint density at radius 3 is 2.64 bits per heavy atom. The van der Waals surface area contributed by atoms with Gasteiger partial charge in [0.1, 0.15) is 0 Å². The third-order valence-electron chi connectivity index (χ3n) is 1.76. The predicted molar refractivity (Wildman–Crippen MR) is 63.7 cm³/mol. The summed E-state index contributed by atoms with van der Waals surface area (Å²) in [6, 6.07) is 5.17. The molecule has 0 aromatic heterocycles. The van der Waals surface area contributed by atoms with Gasteiger partial charge in [0.25, 0.3) is 0 Å². The van der Waals surface area contributed by atoms with Crippen LogP contribution >= 0.6 is 39.1 Å². The van der Waals surface area contributed by atoms with Crippen LogP contribution in [0.4, 0.5) is 0 Å². The zero-order valence-corrected chi connectivity index (χ0v) is 10.7. The second kappa shape index (κ2) is 5.15. The van der Waals surface area contributed by atoms with E-state index in [0.717, 1.165) is 5.56 Å². The Morgan fingerprint density at radius 2 is 2.14 bits per heavy atom. The number of carbonyl (C=O) groups excluding carboxylic acids is 1. The van der Waals surface area contributed by atoms with E-state index in [4.69, 9.17) is 23.2 Å². The van der Waals surface area contributed by atoms with Crippen molar-refractivity contribution in [2.45, 2.75) is 17.6 Å². The van der Waals surface area contributed by atoms with E-state index in [0.29, 0.717) is 16.5 Å². The maximum atomic E-state index is 11.6. The molecule has 0 bridgehead atoms. The van der Waals surface area contributed by atoms with E-state index in [9.17, 15) is 4.79 Å². The van der Waals surface area contributed by atoms with Crippen molar-refractivity contribution in [3.8, 4) is 0 Å². The van der Waals surface area contributed by atoms with Gasteiger partial charge in [0.15, 0.2) is 5.78 Å². The Balaban J connectivity index is 3.09. The molecule has 0 amide bonds. The molecule has 0 saturated carbocycles. The fourth-order valence-corrected chi connectivity index (χ4v) is 1.78. The summed E-state index contributed by atoms with van der Waals surface area (Å²) in [4.78, 5) is 11.4. The first-order valence-electron chi connectivity index (χ1n) is 4.08. The molecule has 0 aliphatic heterocycles. The minimum Gasteiger partial charge on any atom is -0.293 e. The van der Waals surface area contributed by atoms with Crippen molar-refractivity contribution >= 4 is 44.9 Å². The summed E-state index contributed by atoms with van der Waals surface area (Å²) in [5.41, 5.74) is 1.45. The first-order valence-corrected chi connectivity index (χ1v) is 5.91. The number of benzene rings is 1. The number of hydrogen-bond donors (Lipinski definition) is 0. The van der Waals surface area contributed by atoms with Crippen LogP contribution in [0.2, 0.25) is 5.02 Å². The maximum Gasteiger partial charge on any atom is 0.176 e. The lowest BCUT2D eigenvalue weighted by molar-refractivity contribution is 0.0996. The third kappa shape index (κ3) is 2.97. The molecule has 0 saturated heterocycles. The number of rotatable bonds is 3. The largest absolute Gasteiger partial charge is 0.293 e. The van der Waals surface area contributed by atoms with E-state index >= 15 is 0 Å². The molecule has 1 rings (SSSR count). The van der Waals surface area contributed by atoms with Gasteiger partial charge in [-0.25, -0.2) is 0 Å². The van der Waals surface area contributed by atoms with Crippen LogP contribution < -0.4 is 0 Å². The molecule has 0 fully saturated rings. The highest BCUT2D eigenvalue weighted by Gasteiger charge is 2.12. The number of Topliss-reactive ketones (excluding diaryl/α,β-unsaturated/α-hetero) is 1. The van der Waals surface area contributed by atoms with Crippen LogP contribution in [-0.2, 0) is 5.88 Å². The number of ketones is 1. The van der Waals surface area contributed by atoms with Gasteiger partial charge in [-0.15, -0.1) is 11.6 Å². The summed E-state index contributed by atoms with van der Waals surface area (Å²) in [6.45, 7) is 1.78. The second-order valence-electron chi connectivity index (χ2n) is 2.96. The highest BCUT2D eigenvalue weighted by Crippen LogP contribution is 2.19. The fourth-order valence-electron chi connectivity index (χ4n) is 1.10. The van der Waals surface area contributed by atoms with Gasteiger partial charge in [0, 0.05) is 16.5 Å². The van der Waals surface area contributed by atoms with Crippen molar-refractivity contribution in [3.63, 3.8) is 0 Å². The first-order chi connectivity index (χ1) is 6.54. The molecule has 0 spiro atoms. The van der Waals surface area contributed by atoms with Crippen molar-refractivity contribution in [1.29, 1.82) is 0 Å². The lowest BCUT2D eigenvalue weighted by Crippen LogP contribution is -2.10. The summed E-state index contributed by atoms with van der Waals surface area (Å²) < 4.78 is 0. The van der Waals surface area contributed by atoms with Gasteiger partial charge in [0.2, 0.25) is 0 Å². The van der Waals surface area contributed by atoms with Crippen LogP contribution in [0, 0.1) is 0 Å². The molecule has 1 atom stereocenters. The van der Waals surface area contributed by atoms with Gasteiger partial charge in [-0.05, 0) is 30.7 Å². The zero-order valence-electron chi connectivity index (χ0n) is 7.56. The predicted octanol–water partition coefficient (Wildman–Crippen LogP) is 4.04. The van der Waals surface area contributed by atoms with E-state index in [1.807, 2.05) is 0 Å². The van der Waals surface area contributed by atoms with Crippen LogP contribution in [-0.4, -0.2) is 10.6 Å². The van der Waals surface area contributed by atoms with Crippen LogP contribution in [0.3, 0.4) is 0 Å². The monoisotopic (exact) mass is 294 g/mol. The lowest BCUT2D eigenvalue weighted by atomic mass is 10.1. The van der Waals surface area contributed by atoms with Gasteiger partial charge in [0.05, 0.1) is 4.83 Å². The third-order valence-corrected chi connectivity index (χ3v) is 2.70. The molecule has 4 heteroatoms. The van der Waals surface area contributed by atoms with Crippen LogP contribution in [0.15, 0.2) is 18.2 Å². The topological polar surface area (TPSA) is 17.1 Å². The van der Waals surface area contributed by atoms with Crippen molar-refractivity contribution in [3.05, 3.63) is 34.3 Å². The molecule has 0 aliphatic rings. The molecule has 1 unspecified atom stereocenters. The number of hydrogen-bond acceptors (Lipinski definition) is 1. The van der Waals surface area contributed by atoms with E-state index in [1.54, 1.807) is 25.1 Å². The normalized spacial score (nSPS) is 12.6. The average Bonchev–Trinajstić information content (AvgIpc) is 2.15. The van der Waals surface area contributed by atoms with E-state index in [1.165, 1.54) is 0 Å². The summed E-state index contributed by atoms with van der Waals surface area (Å²) in [6.07, 6.45) is 0.